The smallest absolute Gasteiger partial charge is 0.338 e. The van der Waals surface area contributed by atoms with Crippen LogP contribution in [0, 0.1) is 19.3 Å². The molecular formula is C25H25N3O3S. The average molecular weight is 448 g/mol. The molecule has 0 saturated heterocycles. The average Bonchev–Trinajstić information content (AvgIpc) is 3.31. The second kappa shape index (κ2) is 8.96. The molecule has 0 amide bonds. The van der Waals surface area contributed by atoms with Crippen LogP contribution in [-0.4, -0.2) is 35.0 Å². The van der Waals surface area contributed by atoms with E-state index in [9.17, 15) is 9.90 Å². The van der Waals surface area contributed by atoms with Crippen molar-refractivity contribution in [3.8, 4) is 11.3 Å². The molecule has 7 heteroatoms. The number of hydrogen-bond acceptors (Lipinski definition) is 6. The molecule has 2 heterocycles. The summed E-state index contributed by atoms with van der Waals surface area (Å²) in [5.41, 5.74) is 4.54. The minimum Gasteiger partial charge on any atom is -0.510 e. The van der Waals surface area contributed by atoms with Crippen molar-refractivity contribution in [2.24, 2.45) is 0 Å². The molecule has 6 nitrogen and oxygen atoms in total. The second-order valence-electron chi connectivity index (χ2n) is 7.73. The van der Waals surface area contributed by atoms with Crippen molar-refractivity contribution >= 4 is 34.4 Å². The number of aliphatic hydroxyl groups is 1. The molecule has 0 bridgehead atoms. The van der Waals surface area contributed by atoms with Gasteiger partial charge in [-0.2, -0.15) is 0 Å². The summed E-state index contributed by atoms with van der Waals surface area (Å²) in [6.07, 6.45) is 0.751. The van der Waals surface area contributed by atoms with Crippen LogP contribution in [0.2, 0.25) is 0 Å². The summed E-state index contributed by atoms with van der Waals surface area (Å²) in [6, 6.07) is 15.1. The largest absolute Gasteiger partial charge is 0.510 e. The molecule has 0 atom stereocenters. The molecule has 164 valence electrons. The Morgan fingerprint density at radius 3 is 2.69 bits per heavy atom. The minimum atomic E-state index is -0.393. The number of aromatic nitrogens is 1. The van der Waals surface area contributed by atoms with E-state index in [0.29, 0.717) is 28.4 Å². The molecule has 0 saturated carbocycles. The summed E-state index contributed by atoms with van der Waals surface area (Å²) >= 11 is 1.46. The number of aryl methyl sites for hydroxylation is 2. The highest BCUT2D eigenvalue weighted by atomic mass is 32.1. The van der Waals surface area contributed by atoms with Crippen LogP contribution in [0.25, 0.3) is 16.8 Å². The Morgan fingerprint density at radius 1 is 1.22 bits per heavy atom. The number of rotatable bonds is 6. The van der Waals surface area contributed by atoms with Crippen LogP contribution < -0.4 is 4.90 Å². The van der Waals surface area contributed by atoms with Crippen molar-refractivity contribution in [3.05, 3.63) is 75.3 Å². The lowest BCUT2D eigenvalue weighted by molar-refractivity contribution is 0.0505. The quantitative estimate of drug-likeness (QED) is 0.469. The van der Waals surface area contributed by atoms with Gasteiger partial charge in [-0.1, -0.05) is 42.8 Å². The minimum absolute atomic E-state index is 0.0955. The number of anilines is 1. The zero-order valence-electron chi connectivity index (χ0n) is 18.3. The maximum Gasteiger partial charge on any atom is 0.338 e. The van der Waals surface area contributed by atoms with Gasteiger partial charge in [-0.15, -0.1) is 11.3 Å². The summed E-state index contributed by atoms with van der Waals surface area (Å²) in [6.45, 7) is 6.49. The first kappa shape index (κ1) is 21.8. The van der Waals surface area contributed by atoms with Gasteiger partial charge >= 0.3 is 5.97 Å². The fourth-order valence-electron chi connectivity index (χ4n) is 3.59. The van der Waals surface area contributed by atoms with E-state index >= 15 is 0 Å². The van der Waals surface area contributed by atoms with E-state index in [4.69, 9.17) is 15.1 Å². The molecule has 32 heavy (non-hydrogen) atoms. The van der Waals surface area contributed by atoms with Gasteiger partial charge in [0.25, 0.3) is 0 Å². The van der Waals surface area contributed by atoms with E-state index < -0.39 is 5.97 Å². The molecule has 2 N–H and O–H groups in total. The maximum absolute atomic E-state index is 12.2. The summed E-state index contributed by atoms with van der Waals surface area (Å²) in [4.78, 5) is 19.7. The monoisotopic (exact) mass is 447 g/mol. The van der Waals surface area contributed by atoms with Crippen molar-refractivity contribution in [3.63, 3.8) is 0 Å². The molecule has 3 aromatic rings. The van der Waals surface area contributed by atoms with Gasteiger partial charge in [0.05, 0.1) is 30.0 Å². The number of nitrogens with one attached hydrogen (secondary N) is 1. The maximum atomic E-state index is 12.2. The predicted octanol–water partition coefficient (Wildman–Crippen LogP) is 5.76. The van der Waals surface area contributed by atoms with E-state index in [2.05, 4.69) is 0 Å². The predicted molar refractivity (Wildman–Crippen MR) is 129 cm³/mol. The number of hydrogen-bond donors (Lipinski definition) is 2. The lowest BCUT2D eigenvalue weighted by Crippen LogP contribution is -2.26. The fourth-order valence-corrected chi connectivity index (χ4v) is 4.59. The molecule has 4 rings (SSSR count). The number of esters is 1. The van der Waals surface area contributed by atoms with Crippen molar-refractivity contribution in [2.75, 3.05) is 18.1 Å². The third-order valence-electron chi connectivity index (χ3n) is 5.27. The number of benzene rings is 2. The Hall–Kier alpha value is -3.45. The number of nitrogens with zero attached hydrogens (tertiary/aromatic N) is 2. The van der Waals surface area contributed by atoms with E-state index in [1.165, 1.54) is 16.9 Å². The Kier molecular flexibility index (Phi) is 6.10. The lowest BCUT2D eigenvalue weighted by atomic mass is 10.1. The standard InChI is InChI=1S/C25H25N3O3S/c1-4-12-31-25(30)18-6-5-7-19(13-18)28-14-20(29)21(23(28)26)24-27-22(16(3)32-24)17-10-8-15(2)9-11-17/h5-11,13,26,29H,4,12,14H2,1-3H3. The number of thiazole rings is 1. The Bertz CT molecular complexity index is 1210. The van der Waals surface area contributed by atoms with Crippen LogP contribution in [0.15, 0.2) is 54.3 Å². The summed E-state index contributed by atoms with van der Waals surface area (Å²) in [5.74, 6) is -0.140. The van der Waals surface area contributed by atoms with Gasteiger partial charge in [-0.25, -0.2) is 9.78 Å². The lowest BCUT2D eigenvalue weighted by Gasteiger charge is -2.19. The molecule has 0 spiro atoms. The van der Waals surface area contributed by atoms with Crippen LogP contribution >= 0.6 is 11.3 Å². The molecule has 1 aliphatic rings. The van der Waals surface area contributed by atoms with Crippen LogP contribution in [0.5, 0.6) is 0 Å². The Labute approximate surface area is 191 Å². The fraction of sp³-hybridized carbons (Fsp3) is 0.240. The first-order chi connectivity index (χ1) is 15.4. The van der Waals surface area contributed by atoms with Gasteiger partial charge in [0.2, 0.25) is 0 Å². The number of ether oxygens (including phenoxy) is 1. The molecule has 0 aliphatic carbocycles. The van der Waals surface area contributed by atoms with E-state index in [0.717, 1.165) is 22.6 Å². The van der Waals surface area contributed by atoms with Gasteiger partial charge in [0.1, 0.15) is 16.6 Å². The van der Waals surface area contributed by atoms with Gasteiger partial charge in [-0.3, -0.25) is 5.41 Å². The highest BCUT2D eigenvalue weighted by molar-refractivity contribution is 7.13. The van der Waals surface area contributed by atoms with Crippen molar-refractivity contribution in [1.29, 1.82) is 5.41 Å². The SMILES string of the molecule is CCCOC(=O)c1cccc(N2CC(O)=C(c3nc(-c4ccc(C)cc4)c(C)s3)C2=N)c1. The van der Waals surface area contributed by atoms with Gasteiger partial charge in [0.15, 0.2) is 0 Å². The zero-order valence-corrected chi connectivity index (χ0v) is 19.1. The third-order valence-corrected chi connectivity index (χ3v) is 6.26. The summed E-state index contributed by atoms with van der Waals surface area (Å²) in [5, 5.41) is 20.1. The highest BCUT2D eigenvalue weighted by Gasteiger charge is 2.32. The molecule has 0 unspecified atom stereocenters. The molecule has 1 aliphatic heterocycles. The Morgan fingerprint density at radius 2 is 1.97 bits per heavy atom. The van der Waals surface area contributed by atoms with Crippen LogP contribution in [-0.2, 0) is 4.74 Å². The second-order valence-corrected chi connectivity index (χ2v) is 8.94. The number of carbonyl (C=O) groups is 1. The number of carbonyl (C=O) groups excluding carboxylic acids is 1. The molecular weight excluding hydrogens is 422 g/mol. The van der Waals surface area contributed by atoms with Gasteiger partial charge in [-0.05, 0) is 38.5 Å². The Balaban J connectivity index is 1.61. The van der Waals surface area contributed by atoms with Crippen LogP contribution in [0.1, 0.15) is 39.2 Å². The van der Waals surface area contributed by atoms with E-state index in [1.54, 1.807) is 23.1 Å². The number of aliphatic hydroxyl groups excluding tert-OH is 1. The van der Waals surface area contributed by atoms with Gasteiger partial charge < -0.3 is 14.7 Å². The van der Waals surface area contributed by atoms with Crippen molar-refractivity contribution in [1.82, 2.24) is 4.98 Å². The van der Waals surface area contributed by atoms with E-state index in [1.807, 2.05) is 51.1 Å². The molecule has 0 fully saturated rings. The zero-order chi connectivity index (χ0) is 22.8. The number of amidine groups is 1. The first-order valence-corrected chi connectivity index (χ1v) is 11.3. The van der Waals surface area contributed by atoms with Crippen molar-refractivity contribution in [2.45, 2.75) is 27.2 Å². The third kappa shape index (κ3) is 4.16. The first-order valence-electron chi connectivity index (χ1n) is 10.5. The van der Waals surface area contributed by atoms with Crippen LogP contribution in [0.3, 0.4) is 0 Å². The van der Waals surface area contributed by atoms with Crippen LogP contribution in [0.4, 0.5) is 5.69 Å². The highest BCUT2D eigenvalue weighted by Crippen LogP contribution is 2.37. The molecule has 0 radical (unpaired) electrons. The molecule has 2 aromatic carbocycles. The van der Waals surface area contributed by atoms with Crippen molar-refractivity contribution < 1.29 is 14.6 Å². The normalized spacial score (nSPS) is 13.7. The topological polar surface area (TPSA) is 86.5 Å². The molecule has 1 aromatic heterocycles. The van der Waals surface area contributed by atoms with E-state index in [-0.39, 0.29) is 18.1 Å². The summed E-state index contributed by atoms with van der Waals surface area (Å²) in [7, 11) is 0. The van der Waals surface area contributed by atoms with Gasteiger partial charge in [0, 0.05) is 16.1 Å². The summed E-state index contributed by atoms with van der Waals surface area (Å²) < 4.78 is 5.22.